The Kier molecular flexibility index (Phi) is 4.50. The van der Waals surface area contributed by atoms with Gasteiger partial charge in [0.1, 0.15) is 0 Å². The summed E-state index contributed by atoms with van der Waals surface area (Å²) in [5.41, 5.74) is 2.21. The Morgan fingerprint density at radius 2 is 1.90 bits per heavy atom. The highest BCUT2D eigenvalue weighted by molar-refractivity contribution is 5.78. The first-order valence-corrected chi connectivity index (χ1v) is 7.23. The fraction of sp³-hybridized carbons (Fsp3) is 0.500. The van der Waals surface area contributed by atoms with Gasteiger partial charge in [-0.1, -0.05) is 36.8 Å². The van der Waals surface area contributed by atoms with Crippen LogP contribution < -0.4 is 5.32 Å². The molecule has 0 bridgehead atoms. The topological polar surface area (TPSA) is 69.6 Å². The van der Waals surface area contributed by atoms with Gasteiger partial charge in [0, 0.05) is 13.1 Å². The third-order valence-electron chi connectivity index (χ3n) is 4.13. The van der Waals surface area contributed by atoms with Gasteiger partial charge in [0.25, 0.3) is 0 Å². The number of amides is 2. The minimum Gasteiger partial charge on any atom is -0.481 e. The molecule has 0 radical (unpaired) electrons. The van der Waals surface area contributed by atoms with Crippen LogP contribution in [0.15, 0.2) is 24.3 Å². The third kappa shape index (κ3) is 3.54. The summed E-state index contributed by atoms with van der Waals surface area (Å²) in [6, 6.07) is 7.71. The second kappa shape index (κ2) is 6.16. The highest BCUT2D eigenvalue weighted by Crippen LogP contribution is 2.23. The molecule has 0 aliphatic carbocycles. The molecule has 0 aromatic heterocycles. The molecule has 0 saturated carbocycles. The average molecular weight is 290 g/mol. The first-order chi connectivity index (χ1) is 9.88. The fourth-order valence-electron chi connectivity index (χ4n) is 2.67. The molecule has 5 heteroatoms. The van der Waals surface area contributed by atoms with Gasteiger partial charge in [0.2, 0.25) is 0 Å². The van der Waals surface area contributed by atoms with E-state index in [1.165, 1.54) is 5.56 Å². The van der Waals surface area contributed by atoms with Crippen molar-refractivity contribution in [3.63, 3.8) is 0 Å². The summed E-state index contributed by atoms with van der Waals surface area (Å²) >= 11 is 0. The van der Waals surface area contributed by atoms with Crippen LogP contribution in [0.4, 0.5) is 4.79 Å². The Balaban J connectivity index is 1.95. The molecule has 3 unspecified atom stereocenters. The number of nitrogens with zero attached hydrogens (tertiary/aromatic N) is 1. The molecule has 3 atom stereocenters. The second-order valence-electron chi connectivity index (χ2n) is 5.91. The zero-order chi connectivity index (χ0) is 15.6. The Hall–Kier alpha value is -2.04. The van der Waals surface area contributed by atoms with Crippen LogP contribution in [0.1, 0.15) is 31.0 Å². The Labute approximate surface area is 125 Å². The molecule has 21 heavy (non-hydrogen) atoms. The van der Waals surface area contributed by atoms with Gasteiger partial charge in [0.15, 0.2) is 0 Å². The normalized spacial score (nSPS) is 22.9. The van der Waals surface area contributed by atoms with Gasteiger partial charge in [-0.3, -0.25) is 4.79 Å². The lowest BCUT2D eigenvalue weighted by atomic mass is 9.99. The van der Waals surface area contributed by atoms with Crippen molar-refractivity contribution in [2.24, 2.45) is 11.8 Å². The Morgan fingerprint density at radius 3 is 2.43 bits per heavy atom. The van der Waals surface area contributed by atoms with Crippen LogP contribution in [0.2, 0.25) is 0 Å². The fourth-order valence-corrected chi connectivity index (χ4v) is 2.67. The molecule has 114 valence electrons. The Morgan fingerprint density at radius 1 is 1.29 bits per heavy atom. The summed E-state index contributed by atoms with van der Waals surface area (Å²) in [7, 11) is 0. The number of likely N-dealkylation sites (tertiary alicyclic amines) is 1. The van der Waals surface area contributed by atoms with Gasteiger partial charge in [-0.25, -0.2) is 4.79 Å². The standard InChI is InChI=1S/C16H22N2O3/c1-10-4-6-13(7-5-10)12(3)17-16(21)18-8-11(2)14(9-18)15(19)20/h4-7,11-12,14H,8-9H2,1-3H3,(H,17,21)(H,19,20). The number of carbonyl (C=O) groups is 2. The van der Waals surface area contributed by atoms with Crippen LogP contribution in [-0.4, -0.2) is 35.1 Å². The number of urea groups is 1. The predicted octanol–water partition coefficient (Wildman–Crippen LogP) is 2.42. The maximum Gasteiger partial charge on any atom is 0.317 e. The molecule has 1 aliphatic rings. The maximum absolute atomic E-state index is 12.2. The monoisotopic (exact) mass is 290 g/mol. The van der Waals surface area contributed by atoms with Crippen LogP contribution in [0.25, 0.3) is 0 Å². The highest BCUT2D eigenvalue weighted by atomic mass is 16.4. The number of aryl methyl sites for hydroxylation is 1. The van der Waals surface area contributed by atoms with Crippen molar-refractivity contribution < 1.29 is 14.7 Å². The van der Waals surface area contributed by atoms with Gasteiger partial charge in [0.05, 0.1) is 12.0 Å². The zero-order valence-electron chi connectivity index (χ0n) is 12.7. The van der Waals surface area contributed by atoms with Crippen molar-refractivity contribution in [3.8, 4) is 0 Å². The van der Waals surface area contributed by atoms with Crippen LogP contribution >= 0.6 is 0 Å². The van der Waals surface area contributed by atoms with E-state index in [1.54, 1.807) is 4.90 Å². The molecule has 1 fully saturated rings. The second-order valence-corrected chi connectivity index (χ2v) is 5.91. The lowest BCUT2D eigenvalue weighted by Gasteiger charge is -2.21. The molecule has 1 heterocycles. The van der Waals surface area contributed by atoms with E-state index in [0.29, 0.717) is 6.54 Å². The molecule has 1 saturated heterocycles. The lowest BCUT2D eigenvalue weighted by Crippen LogP contribution is -2.40. The van der Waals surface area contributed by atoms with Gasteiger partial charge in [-0.2, -0.15) is 0 Å². The van der Waals surface area contributed by atoms with E-state index in [4.69, 9.17) is 5.11 Å². The molecule has 2 amide bonds. The van der Waals surface area contributed by atoms with Gasteiger partial charge >= 0.3 is 12.0 Å². The molecule has 1 aromatic carbocycles. The number of hydrogen-bond acceptors (Lipinski definition) is 2. The van der Waals surface area contributed by atoms with Crippen molar-refractivity contribution in [2.75, 3.05) is 13.1 Å². The van der Waals surface area contributed by atoms with Crippen molar-refractivity contribution >= 4 is 12.0 Å². The van der Waals surface area contributed by atoms with E-state index in [-0.39, 0.29) is 24.5 Å². The summed E-state index contributed by atoms with van der Waals surface area (Å²) in [5.74, 6) is -1.31. The third-order valence-corrected chi connectivity index (χ3v) is 4.13. The van der Waals surface area contributed by atoms with Crippen LogP contribution in [0.3, 0.4) is 0 Å². The number of benzene rings is 1. The largest absolute Gasteiger partial charge is 0.481 e. The maximum atomic E-state index is 12.2. The molecular formula is C16H22N2O3. The van der Waals surface area contributed by atoms with Crippen LogP contribution in [0.5, 0.6) is 0 Å². The van der Waals surface area contributed by atoms with Crippen LogP contribution in [-0.2, 0) is 4.79 Å². The number of carboxylic acid groups (broad SMARTS) is 1. The SMILES string of the molecule is Cc1ccc(C(C)NC(=O)N2CC(C)C(C(=O)O)C2)cc1. The molecule has 1 aliphatic heterocycles. The smallest absolute Gasteiger partial charge is 0.317 e. The number of nitrogens with one attached hydrogen (secondary N) is 1. The van der Waals surface area contributed by atoms with E-state index >= 15 is 0 Å². The molecule has 5 nitrogen and oxygen atoms in total. The molecule has 2 N–H and O–H groups in total. The summed E-state index contributed by atoms with van der Waals surface area (Å²) in [6.45, 7) is 6.59. The van der Waals surface area contributed by atoms with Gasteiger partial charge in [-0.15, -0.1) is 0 Å². The van der Waals surface area contributed by atoms with E-state index < -0.39 is 11.9 Å². The van der Waals surface area contributed by atoms with Gasteiger partial charge in [-0.05, 0) is 25.3 Å². The predicted molar refractivity (Wildman–Crippen MR) is 80.0 cm³/mol. The van der Waals surface area contributed by atoms with Crippen molar-refractivity contribution in [1.82, 2.24) is 10.2 Å². The number of rotatable bonds is 3. The molecule has 0 spiro atoms. The van der Waals surface area contributed by atoms with E-state index in [1.807, 2.05) is 45.0 Å². The average Bonchev–Trinajstić information content (AvgIpc) is 2.81. The summed E-state index contributed by atoms with van der Waals surface area (Å²) in [4.78, 5) is 24.9. The summed E-state index contributed by atoms with van der Waals surface area (Å²) in [5, 5.41) is 12.0. The van der Waals surface area contributed by atoms with E-state index in [9.17, 15) is 9.59 Å². The lowest BCUT2D eigenvalue weighted by molar-refractivity contribution is -0.142. The molecular weight excluding hydrogens is 268 g/mol. The van der Waals surface area contributed by atoms with Crippen molar-refractivity contribution in [3.05, 3.63) is 35.4 Å². The Bertz CT molecular complexity index is 527. The highest BCUT2D eigenvalue weighted by Gasteiger charge is 2.37. The number of hydrogen-bond donors (Lipinski definition) is 2. The number of carboxylic acids is 1. The number of aliphatic carboxylic acids is 1. The minimum atomic E-state index is -0.829. The molecule has 2 rings (SSSR count). The van der Waals surface area contributed by atoms with E-state index in [2.05, 4.69) is 5.32 Å². The first-order valence-electron chi connectivity index (χ1n) is 7.23. The zero-order valence-corrected chi connectivity index (χ0v) is 12.7. The van der Waals surface area contributed by atoms with Crippen molar-refractivity contribution in [1.29, 1.82) is 0 Å². The summed E-state index contributed by atoms with van der Waals surface area (Å²) < 4.78 is 0. The minimum absolute atomic E-state index is 0.0112. The van der Waals surface area contributed by atoms with Crippen molar-refractivity contribution in [2.45, 2.75) is 26.8 Å². The summed E-state index contributed by atoms with van der Waals surface area (Å²) in [6.07, 6.45) is 0. The van der Waals surface area contributed by atoms with E-state index in [0.717, 1.165) is 5.56 Å². The molecule has 1 aromatic rings. The number of carbonyl (C=O) groups excluding carboxylic acids is 1. The quantitative estimate of drug-likeness (QED) is 0.898. The van der Waals surface area contributed by atoms with Crippen LogP contribution in [0, 0.1) is 18.8 Å². The van der Waals surface area contributed by atoms with Gasteiger partial charge < -0.3 is 15.3 Å². The first kappa shape index (κ1) is 15.4.